The SMILES string of the molecule is CC(C)S(=O)(=O)N1CC2(CC(Oc3ncccc3F)CCO2)C1. The maximum atomic E-state index is 13.6. The number of aromatic nitrogens is 1. The van der Waals surface area contributed by atoms with Gasteiger partial charge in [-0.05, 0) is 26.0 Å². The molecule has 1 aromatic heterocycles. The summed E-state index contributed by atoms with van der Waals surface area (Å²) in [6.07, 6.45) is 2.42. The molecule has 1 aromatic rings. The predicted molar refractivity (Wildman–Crippen MR) is 82.2 cm³/mol. The quantitative estimate of drug-likeness (QED) is 0.829. The minimum absolute atomic E-state index is 0.0134. The molecule has 2 aliphatic heterocycles. The lowest BCUT2D eigenvalue weighted by molar-refractivity contribution is -0.165. The Bertz CT molecular complexity index is 674. The van der Waals surface area contributed by atoms with Crippen molar-refractivity contribution >= 4 is 10.0 Å². The Labute approximate surface area is 135 Å². The van der Waals surface area contributed by atoms with Crippen LogP contribution in [0.3, 0.4) is 0 Å². The summed E-state index contributed by atoms with van der Waals surface area (Å²) in [5, 5.41) is -0.446. The molecule has 0 N–H and O–H groups in total. The van der Waals surface area contributed by atoms with Crippen LogP contribution >= 0.6 is 0 Å². The smallest absolute Gasteiger partial charge is 0.250 e. The van der Waals surface area contributed by atoms with Gasteiger partial charge >= 0.3 is 0 Å². The van der Waals surface area contributed by atoms with Gasteiger partial charge < -0.3 is 9.47 Å². The van der Waals surface area contributed by atoms with E-state index in [-0.39, 0.29) is 12.0 Å². The number of hydrogen-bond acceptors (Lipinski definition) is 5. The van der Waals surface area contributed by atoms with Crippen molar-refractivity contribution in [3.8, 4) is 5.88 Å². The summed E-state index contributed by atoms with van der Waals surface area (Å²) >= 11 is 0. The third kappa shape index (κ3) is 3.20. The Morgan fingerprint density at radius 1 is 1.48 bits per heavy atom. The van der Waals surface area contributed by atoms with E-state index in [9.17, 15) is 12.8 Å². The third-order valence-electron chi connectivity index (χ3n) is 4.34. The first kappa shape index (κ1) is 16.6. The van der Waals surface area contributed by atoms with E-state index >= 15 is 0 Å². The van der Waals surface area contributed by atoms with E-state index in [4.69, 9.17) is 9.47 Å². The summed E-state index contributed by atoms with van der Waals surface area (Å²) in [5.74, 6) is -0.508. The molecule has 0 saturated carbocycles. The van der Waals surface area contributed by atoms with Gasteiger partial charge in [-0.2, -0.15) is 4.31 Å². The molecular formula is C15H21FN2O4S. The maximum Gasteiger partial charge on any atom is 0.250 e. The molecule has 0 bridgehead atoms. The zero-order valence-electron chi connectivity index (χ0n) is 13.2. The van der Waals surface area contributed by atoms with Crippen molar-refractivity contribution in [3.63, 3.8) is 0 Å². The van der Waals surface area contributed by atoms with E-state index in [0.717, 1.165) is 0 Å². The highest BCUT2D eigenvalue weighted by Gasteiger charge is 2.52. The Hall–Kier alpha value is -1.25. The largest absolute Gasteiger partial charge is 0.472 e. The maximum absolute atomic E-state index is 13.6. The highest BCUT2D eigenvalue weighted by atomic mass is 32.2. The predicted octanol–water partition coefficient (Wildman–Crippen LogP) is 1.57. The van der Waals surface area contributed by atoms with E-state index in [1.807, 2.05) is 0 Å². The monoisotopic (exact) mass is 344 g/mol. The van der Waals surface area contributed by atoms with Crippen molar-refractivity contribution < 1.29 is 22.3 Å². The van der Waals surface area contributed by atoms with E-state index in [1.54, 1.807) is 13.8 Å². The fourth-order valence-corrected chi connectivity index (χ4v) is 4.42. The molecule has 3 rings (SSSR count). The van der Waals surface area contributed by atoms with E-state index < -0.39 is 26.7 Å². The average molecular weight is 344 g/mol. The second kappa shape index (κ2) is 5.99. The summed E-state index contributed by atoms with van der Waals surface area (Å²) < 4.78 is 50.8. The molecule has 0 amide bonds. The van der Waals surface area contributed by atoms with Crippen LogP contribution in [0.4, 0.5) is 4.39 Å². The topological polar surface area (TPSA) is 68.7 Å². The van der Waals surface area contributed by atoms with E-state index in [1.165, 1.54) is 22.6 Å². The van der Waals surface area contributed by atoms with Crippen molar-refractivity contribution in [2.24, 2.45) is 0 Å². The second-order valence-electron chi connectivity index (χ2n) is 6.42. The number of halogens is 1. The van der Waals surface area contributed by atoms with Crippen LogP contribution in [0.2, 0.25) is 0 Å². The number of rotatable bonds is 4. The van der Waals surface area contributed by atoms with Crippen molar-refractivity contribution in [1.29, 1.82) is 0 Å². The Morgan fingerprint density at radius 2 is 2.22 bits per heavy atom. The van der Waals surface area contributed by atoms with E-state index in [2.05, 4.69) is 4.98 Å². The molecule has 2 fully saturated rings. The fraction of sp³-hybridized carbons (Fsp3) is 0.667. The molecule has 128 valence electrons. The highest BCUT2D eigenvalue weighted by Crippen LogP contribution is 2.37. The molecule has 0 radical (unpaired) electrons. The first-order valence-electron chi connectivity index (χ1n) is 7.72. The zero-order chi connectivity index (χ0) is 16.7. The van der Waals surface area contributed by atoms with Crippen LogP contribution < -0.4 is 4.74 Å². The van der Waals surface area contributed by atoms with Crippen LogP contribution in [0.15, 0.2) is 18.3 Å². The first-order chi connectivity index (χ1) is 10.8. The van der Waals surface area contributed by atoms with Crippen molar-refractivity contribution in [3.05, 3.63) is 24.1 Å². The number of ether oxygens (including phenoxy) is 2. The summed E-state index contributed by atoms with van der Waals surface area (Å²) in [6.45, 7) is 4.46. The van der Waals surface area contributed by atoms with Gasteiger partial charge in [0.15, 0.2) is 5.82 Å². The van der Waals surface area contributed by atoms with Crippen LogP contribution in [0.25, 0.3) is 0 Å². The fourth-order valence-electron chi connectivity index (χ4n) is 2.99. The van der Waals surface area contributed by atoms with Gasteiger partial charge in [-0.25, -0.2) is 17.8 Å². The molecule has 2 saturated heterocycles. The molecule has 0 aromatic carbocycles. The van der Waals surface area contributed by atoms with Gasteiger partial charge in [0.25, 0.3) is 5.88 Å². The van der Waals surface area contributed by atoms with Crippen molar-refractivity contribution in [2.75, 3.05) is 19.7 Å². The van der Waals surface area contributed by atoms with Crippen LogP contribution in [0, 0.1) is 5.82 Å². The molecule has 3 heterocycles. The lowest BCUT2D eigenvalue weighted by Crippen LogP contribution is -2.68. The standard InChI is InChI=1S/C15H21FN2O4S/c1-11(2)23(19,20)18-9-15(10-18)8-12(5-7-21-15)22-14-13(16)4-3-6-17-14/h3-4,6,11-12H,5,7-10H2,1-2H3. The molecule has 1 atom stereocenters. The molecule has 8 heteroatoms. The van der Waals surface area contributed by atoms with Crippen LogP contribution in [-0.4, -0.2) is 54.4 Å². The summed E-state index contributed by atoms with van der Waals surface area (Å²) in [4.78, 5) is 3.90. The molecular weight excluding hydrogens is 323 g/mol. The van der Waals surface area contributed by atoms with Crippen molar-refractivity contribution in [2.45, 2.75) is 43.6 Å². The molecule has 23 heavy (non-hydrogen) atoms. The molecule has 1 spiro atoms. The Balaban J connectivity index is 1.63. The van der Waals surface area contributed by atoms with Gasteiger partial charge in [-0.15, -0.1) is 0 Å². The number of nitrogens with zero attached hydrogens (tertiary/aromatic N) is 2. The number of pyridine rings is 1. The molecule has 6 nitrogen and oxygen atoms in total. The molecule has 1 unspecified atom stereocenters. The normalized spacial score (nSPS) is 24.6. The second-order valence-corrected chi connectivity index (χ2v) is 8.91. The first-order valence-corrected chi connectivity index (χ1v) is 9.23. The van der Waals surface area contributed by atoms with Gasteiger partial charge in [0.05, 0.1) is 17.5 Å². The molecule has 2 aliphatic rings. The van der Waals surface area contributed by atoms with Gasteiger partial charge in [0, 0.05) is 32.1 Å². The molecule has 0 aliphatic carbocycles. The van der Waals surface area contributed by atoms with Crippen LogP contribution in [-0.2, 0) is 14.8 Å². The van der Waals surface area contributed by atoms with Crippen molar-refractivity contribution in [1.82, 2.24) is 9.29 Å². The van der Waals surface area contributed by atoms with E-state index in [0.29, 0.717) is 32.5 Å². The third-order valence-corrected chi connectivity index (χ3v) is 6.50. The number of hydrogen-bond donors (Lipinski definition) is 0. The number of sulfonamides is 1. The zero-order valence-corrected chi connectivity index (χ0v) is 14.1. The average Bonchev–Trinajstić information content (AvgIpc) is 2.47. The lowest BCUT2D eigenvalue weighted by Gasteiger charge is -2.52. The van der Waals surface area contributed by atoms with Crippen LogP contribution in [0.1, 0.15) is 26.7 Å². The Morgan fingerprint density at radius 3 is 2.87 bits per heavy atom. The van der Waals surface area contributed by atoms with Gasteiger partial charge in [-0.1, -0.05) is 0 Å². The summed E-state index contributed by atoms with van der Waals surface area (Å²) in [5.41, 5.74) is -0.518. The Kier molecular flexibility index (Phi) is 4.33. The van der Waals surface area contributed by atoms with Gasteiger partial charge in [0.2, 0.25) is 10.0 Å². The minimum Gasteiger partial charge on any atom is -0.472 e. The minimum atomic E-state index is -3.26. The van der Waals surface area contributed by atoms with Crippen LogP contribution in [0.5, 0.6) is 5.88 Å². The summed E-state index contributed by atoms with van der Waals surface area (Å²) in [7, 11) is -3.26. The van der Waals surface area contributed by atoms with Gasteiger partial charge in [-0.3, -0.25) is 0 Å². The summed E-state index contributed by atoms with van der Waals surface area (Å²) in [6, 6.07) is 2.81. The van der Waals surface area contributed by atoms with Gasteiger partial charge in [0.1, 0.15) is 6.10 Å². The highest BCUT2D eigenvalue weighted by molar-refractivity contribution is 7.89. The lowest BCUT2D eigenvalue weighted by atomic mass is 9.86.